The Morgan fingerprint density at radius 3 is 1.07 bits per heavy atom. The molecule has 0 aliphatic rings. The van der Waals surface area contributed by atoms with Gasteiger partial charge in [0.25, 0.3) is 0 Å². The van der Waals surface area contributed by atoms with Crippen LogP contribution in [0.4, 0.5) is 0 Å². The Bertz CT molecular complexity index is 270. The Labute approximate surface area is 199 Å². The van der Waals surface area contributed by atoms with Gasteiger partial charge in [0.2, 0.25) is 0 Å². The van der Waals surface area contributed by atoms with E-state index in [2.05, 4.69) is 27.7 Å². The van der Waals surface area contributed by atoms with E-state index in [9.17, 15) is 0 Å². The van der Waals surface area contributed by atoms with Crippen molar-refractivity contribution in [1.82, 2.24) is 0 Å². The fourth-order valence-corrected chi connectivity index (χ4v) is 5.19. The molecule has 1 unspecified atom stereocenters. The standard InChI is InChI=1S/C27H57OP.ClH/c1-5-9-12-15-18-21-24-27(28-29-8-4,25-22-19-16-13-10-6-2)26-23-20-17-14-11-7-3;/h29H,5-26H2,1-4H3;1H. The van der Waals surface area contributed by atoms with Crippen molar-refractivity contribution >= 4 is 21.2 Å². The molecular weight excluding hydrogens is 407 g/mol. The number of rotatable bonds is 24. The van der Waals surface area contributed by atoms with E-state index >= 15 is 0 Å². The van der Waals surface area contributed by atoms with E-state index in [1.807, 2.05) is 0 Å². The van der Waals surface area contributed by atoms with Crippen LogP contribution >= 0.6 is 21.2 Å². The first kappa shape index (κ1) is 32.9. The van der Waals surface area contributed by atoms with Crippen LogP contribution in [0.2, 0.25) is 0 Å². The average Bonchev–Trinajstić information content (AvgIpc) is 2.74. The van der Waals surface area contributed by atoms with Crippen molar-refractivity contribution in [2.24, 2.45) is 0 Å². The lowest BCUT2D eigenvalue weighted by atomic mass is 9.85. The number of halogens is 1. The molecule has 30 heavy (non-hydrogen) atoms. The second kappa shape index (κ2) is 25.9. The summed E-state index contributed by atoms with van der Waals surface area (Å²) < 4.78 is 6.69. The first-order chi connectivity index (χ1) is 14.2. The molecule has 0 radical (unpaired) electrons. The maximum atomic E-state index is 6.69. The van der Waals surface area contributed by atoms with Gasteiger partial charge in [0.15, 0.2) is 0 Å². The topological polar surface area (TPSA) is 9.23 Å². The Balaban J connectivity index is 0. The SMILES string of the molecule is CCCCCCCCC(CCCCCCCC)(CCCCCCCC)OPCC.Cl. The van der Waals surface area contributed by atoms with E-state index in [-0.39, 0.29) is 18.0 Å². The summed E-state index contributed by atoms with van der Waals surface area (Å²) in [5.74, 6) is 0. The molecule has 0 aliphatic heterocycles. The molecule has 1 atom stereocenters. The second-order valence-corrected chi connectivity index (χ2v) is 10.5. The summed E-state index contributed by atoms with van der Waals surface area (Å²) in [6.45, 7) is 9.21. The van der Waals surface area contributed by atoms with Gasteiger partial charge in [0.1, 0.15) is 0 Å². The largest absolute Gasteiger partial charge is 0.356 e. The zero-order chi connectivity index (χ0) is 21.5. The molecule has 0 heterocycles. The highest BCUT2D eigenvalue weighted by Gasteiger charge is 2.29. The van der Waals surface area contributed by atoms with Gasteiger partial charge in [-0.2, -0.15) is 0 Å². The van der Waals surface area contributed by atoms with Gasteiger partial charge in [-0.3, -0.25) is 0 Å². The third kappa shape index (κ3) is 20.6. The molecule has 0 rings (SSSR count). The highest BCUT2D eigenvalue weighted by atomic mass is 35.5. The summed E-state index contributed by atoms with van der Waals surface area (Å²) in [6, 6.07) is 0. The molecule has 0 aromatic heterocycles. The molecule has 0 N–H and O–H groups in total. The van der Waals surface area contributed by atoms with Crippen molar-refractivity contribution in [3.05, 3.63) is 0 Å². The maximum absolute atomic E-state index is 6.69. The van der Waals surface area contributed by atoms with Gasteiger partial charge in [-0.25, -0.2) is 0 Å². The normalized spacial score (nSPS) is 12.0. The third-order valence-corrected chi connectivity index (χ3v) is 7.26. The predicted molar refractivity (Wildman–Crippen MR) is 144 cm³/mol. The monoisotopic (exact) mass is 464 g/mol. The van der Waals surface area contributed by atoms with Crippen LogP contribution in [0.25, 0.3) is 0 Å². The molecule has 0 amide bonds. The van der Waals surface area contributed by atoms with Crippen LogP contribution in [0.1, 0.15) is 163 Å². The molecule has 3 heteroatoms. The Kier molecular flexibility index (Phi) is 28.4. The summed E-state index contributed by atoms with van der Waals surface area (Å²) in [6.07, 6.45) is 30.3. The van der Waals surface area contributed by atoms with E-state index in [0.29, 0.717) is 8.81 Å². The maximum Gasteiger partial charge on any atom is 0.0721 e. The Hall–Kier alpha value is 0.680. The molecule has 0 fully saturated rings. The van der Waals surface area contributed by atoms with Gasteiger partial charge in [-0.05, 0) is 25.4 Å². The first-order valence-electron chi connectivity index (χ1n) is 13.7. The molecule has 0 aliphatic carbocycles. The van der Waals surface area contributed by atoms with Crippen molar-refractivity contribution in [2.75, 3.05) is 6.16 Å². The summed E-state index contributed by atoms with van der Waals surface area (Å²) in [5, 5.41) is 0. The third-order valence-electron chi connectivity index (χ3n) is 6.39. The van der Waals surface area contributed by atoms with Crippen LogP contribution in [-0.2, 0) is 4.52 Å². The summed E-state index contributed by atoms with van der Waals surface area (Å²) in [4.78, 5) is 0. The predicted octanol–water partition coefficient (Wildman–Crippen LogP) is 11.0. The van der Waals surface area contributed by atoms with Crippen molar-refractivity contribution in [3.8, 4) is 0 Å². The molecule has 0 saturated heterocycles. The van der Waals surface area contributed by atoms with E-state index < -0.39 is 0 Å². The summed E-state index contributed by atoms with van der Waals surface area (Å²) in [5.41, 5.74) is 0.203. The average molecular weight is 465 g/mol. The molecular formula is C27H58ClOP. The quantitative estimate of drug-likeness (QED) is 0.102. The second-order valence-electron chi connectivity index (χ2n) is 9.34. The van der Waals surface area contributed by atoms with Gasteiger partial charge in [-0.1, -0.05) is 143 Å². The fraction of sp³-hybridized carbons (Fsp3) is 1.00. The van der Waals surface area contributed by atoms with Gasteiger partial charge >= 0.3 is 0 Å². The smallest absolute Gasteiger partial charge is 0.0721 e. The van der Waals surface area contributed by atoms with Gasteiger partial charge in [0, 0.05) is 8.81 Å². The minimum absolute atomic E-state index is 0. The molecule has 0 bridgehead atoms. The number of unbranched alkanes of at least 4 members (excludes halogenated alkanes) is 15. The first-order valence-corrected chi connectivity index (χ1v) is 14.8. The lowest BCUT2D eigenvalue weighted by Gasteiger charge is -2.34. The molecule has 184 valence electrons. The van der Waals surface area contributed by atoms with Gasteiger partial charge in [0.05, 0.1) is 5.60 Å². The van der Waals surface area contributed by atoms with Crippen LogP contribution < -0.4 is 0 Å². The Morgan fingerprint density at radius 2 is 0.767 bits per heavy atom. The minimum Gasteiger partial charge on any atom is -0.356 e. The van der Waals surface area contributed by atoms with Crippen molar-refractivity contribution < 1.29 is 4.52 Å². The van der Waals surface area contributed by atoms with Crippen LogP contribution in [0.3, 0.4) is 0 Å². The molecule has 0 aromatic carbocycles. The van der Waals surface area contributed by atoms with Crippen molar-refractivity contribution in [3.63, 3.8) is 0 Å². The molecule has 0 aromatic rings. The lowest BCUT2D eigenvalue weighted by molar-refractivity contribution is 0.0499. The fourth-order valence-electron chi connectivity index (χ4n) is 4.44. The number of hydrogen-bond donors (Lipinski definition) is 0. The van der Waals surface area contributed by atoms with Crippen LogP contribution in [0.5, 0.6) is 0 Å². The zero-order valence-electron chi connectivity index (χ0n) is 21.4. The highest BCUT2D eigenvalue weighted by molar-refractivity contribution is 7.32. The minimum atomic E-state index is 0. The van der Waals surface area contributed by atoms with E-state index in [1.165, 1.54) is 141 Å². The van der Waals surface area contributed by atoms with E-state index in [1.54, 1.807) is 0 Å². The van der Waals surface area contributed by atoms with Crippen molar-refractivity contribution in [1.29, 1.82) is 0 Å². The van der Waals surface area contributed by atoms with Crippen LogP contribution in [0.15, 0.2) is 0 Å². The number of hydrogen-bond acceptors (Lipinski definition) is 1. The van der Waals surface area contributed by atoms with Crippen molar-refractivity contribution in [2.45, 2.75) is 168 Å². The molecule has 1 nitrogen and oxygen atoms in total. The van der Waals surface area contributed by atoms with Gasteiger partial charge in [-0.15, -0.1) is 12.4 Å². The molecule has 0 saturated carbocycles. The van der Waals surface area contributed by atoms with E-state index in [4.69, 9.17) is 4.52 Å². The molecule has 0 spiro atoms. The van der Waals surface area contributed by atoms with Crippen LogP contribution in [-0.4, -0.2) is 11.8 Å². The van der Waals surface area contributed by atoms with Gasteiger partial charge < -0.3 is 4.52 Å². The highest BCUT2D eigenvalue weighted by Crippen LogP contribution is 2.38. The lowest BCUT2D eigenvalue weighted by Crippen LogP contribution is -2.30. The summed E-state index contributed by atoms with van der Waals surface area (Å²) >= 11 is 0. The van der Waals surface area contributed by atoms with Crippen LogP contribution in [0, 0.1) is 0 Å². The Morgan fingerprint density at radius 1 is 0.467 bits per heavy atom. The van der Waals surface area contributed by atoms with E-state index in [0.717, 1.165) is 0 Å². The zero-order valence-corrected chi connectivity index (χ0v) is 23.2. The summed E-state index contributed by atoms with van der Waals surface area (Å²) in [7, 11) is 0.703.